The first-order chi connectivity index (χ1) is 11.3. The van der Waals surface area contributed by atoms with Crippen molar-refractivity contribution in [3.05, 3.63) is 35.9 Å². The van der Waals surface area contributed by atoms with Crippen LogP contribution in [0.2, 0.25) is 0 Å². The predicted molar refractivity (Wildman–Crippen MR) is 91.3 cm³/mol. The Morgan fingerprint density at radius 2 is 1.92 bits per heavy atom. The minimum absolute atomic E-state index is 0.108. The molecule has 2 aliphatic rings. The van der Waals surface area contributed by atoms with E-state index in [0.29, 0.717) is 26.1 Å². The molecule has 0 saturated carbocycles. The van der Waals surface area contributed by atoms with Crippen LogP contribution < -0.4 is 0 Å². The van der Waals surface area contributed by atoms with Crippen LogP contribution in [0.3, 0.4) is 0 Å². The molecular formula is C19H26N2O3. The van der Waals surface area contributed by atoms with Gasteiger partial charge in [0.25, 0.3) is 0 Å². The molecule has 1 spiro atoms. The molecule has 0 bridgehead atoms. The minimum atomic E-state index is -0.488. The van der Waals surface area contributed by atoms with E-state index in [1.54, 1.807) is 4.90 Å². The van der Waals surface area contributed by atoms with E-state index in [4.69, 9.17) is 4.74 Å². The Balaban J connectivity index is 1.62. The Bertz CT molecular complexity index is 623. The van der Waals surface area contributed by atoms with Gasteiger partial charge in [0.1, 0.15) is 5.60 Å². The number of hydrogen-bond donors (Lipinski definition) is 0. The number of ether oxygens (including phenoxy) is 1. The van der Waals surface area contributed by atoms with Gasteiger partial charge in [0.05, 0.1) is 0 Å². The maximum absolute atomic E-state index is 12.4. The van der Waals surface area contributed by atoms with Gasteiger partial charge in [0.15, 0.2) is 0 Å². The average molecular weight is 330 g/mol. The zero-order chi connectivity index (χ0) is 17.4. The van der Waals surface area contributed by atoms with Gasteiger partial charge in [0, 0.05) is 38.0 Å². The highest BCUT2D eigenvalue weighted by Crippen LogP contribution is 2.41. The molecular weight excluding hydrogens is 304 g/mol. The van der Waals surface area contributed by atoms with Gasteiger partial charge in [-0.15, -0.1) is 0 Å². The van der Waals surface area contributed by atoms with Crippen molar-refractivity contribution in [2.45, 2.75) is 45.8 Å². The molecule has 130 valence electrons. The summed E-state index contributed by atoms with van der Waals surface area (Å²) in [6.45, 7) is 8.26. The summed E-state index contributed by atoms with van der Waals surface area (Å²) in [6.07, 6.45) is 1.12. The molecule has 2 aliphatic heterocycles. The van der Waals surface area contributed by atoms with E-state index in [0.717, 1.165) is 18.5 Å². The first-order valence-electron chi connectivity index (χ1n) is 8.56. The molecule has 1 aromatic rings. The predicted octanol–water partition coefficient (Wildman–Crippen LogP) is 3.05. The minimum Gasteiger partial charge on any atom is -0.444 e. The van der Waals surface area contributed by atoms with Crippen LogP contribution in [0.5, 0.6) is 0 Å². The second-order valence-electron chi connectivity index (χ2n) is 8.06. The number of carbonyl (C=O) groups is 2. The molecule has 0 aliphatic carbocycles. The summed E-state index contributed by atoms with van der Waals surface area (Å²) in [6, 6.07) is 10.0. The quantitative estimate of drug-likeness (QED) is 0.837. The van der Waals surface area contributed by atoms with Crippen LogP contribution in [0.15, 0.2) is 30.3 Å². The summed E-state index contributed by atoms with van der Waals surface area (Å²) in [5.74, 6) is 0.185. The van der Waals surface area contributed by atoms with Gasteiger partial charge in [-0.25, -0.2) is 4.79 Å². The van der Waals surface area contributed by atoms with Crippen LogP contribution in [0.25, 0.3) is 0 Å². The smallest absolute Gasteiger partial charge is 0.410 e. The molecule has 1 aromatic carbocycles. The standard InChI is InChI=1S/C19H26N2O3/c1-18(2,3)24-17(23)20-10-9-19(13-20)11-16(22)21(14-19)12-15-7-5-4-6-8-15/h4-8H,9-14H2,1-3H3. The van der Waals surface area contributed by atoms with E-state index < -0.39 is 5.60 Å². The van der Waals surface area contributed by atoms with Crippen LogP contribution >= 0.6 is 0 Å². The van der Waals surface area contributed by atoms with E-state index >= 15 is 0 Å². The first-order valence-corrected chi connectivity index (χ1v) is 8.56. The van der Waals surface area contributed by atoms with Crippen molar-refractivity contribution in [1.29, 1.82) is 0 Å². The van der Waals surface area contributed by atoms with Gasteiger partial charge >= 0.3 is 6.09 Å². The molecule has 1 atom stereocenters. The maximum Gasteiger partial charge on any atom is 0.410 e. The van der Waals surface area contributed by atoms with Crippen molar-refractivity contribution in [2.75, 3.05) is 19.6 Å². The highest BCUT2D eigenvalue weighted by molar-refractivity contribution is 5.80. The Morgan fingerprint density at radius 1 is 1.21 bits per heavy atom. The summed E-state index contributed by atoms with van der Waals surface area (Å²) in [4.78, 5) is 28.4. The van der Waals surface area contributed by atoms with Gasteiger partial charge < -0.3 is 14.5 Å². The zero-order valence-corrected chi connectivity index (χ0v) is 14.7. The number of benzene rings is 1. The normalized spacial score (nSPS) is 24.0. The van der Waals surface area contributed by atoms with Crippen LogP contribution in [-0.4, -0.2) is 47.0 Å². The largest absolute Gasteiger partial charge is 0.444 e. The Kier molecular flexibility index (Phi) is 4.28. The van der Waals surface area contributed by atoms with Crippen molar-refractivity contribution in [3.63, 3.8) is 0 Å². The fourth-order valence-electron chi connectivity index (χ4n) is 3.62. The highest BCUT2D eigenvalue weighted by Gasteiger charge is 2.48. The van der Waals surface area contributed by atoms with E-state index in [9.17, 15) is 9.59 Å². The second kappa shape index (κ2) is 6.11. The molecule has 0 N–H and O–H groups in total. The monoisotopic (exact) mass is 330 g/mol. The lowest BCUT2D eigenvalue weighted by atomic mass is 9.86. The van der Waals surface area contributed by atoms with Crippen molar-refractivity contribution in [1.82, 2.24) is 9.80 Å². The summed E-state index contributed by atoms with van der Waals surface area (Å²) in [5.41, 5.74) is 0.547. The number of amides is 2. The fourth-order valence-corrected chi connectivity index (χ4v) is 3.62. The van der Waals surface area contributed by atoms with Crippen LogP contribution in [0.1, 0.15) is 39.2 Å². The molecule has 1 unspecified atom stereocenters. The van der Waals surface area contributed by atoms with E-state index in [1.165, 1.54) is 0 Å². The molecule has 2 amide bonds. The molecule has 3 rings (SSSR count). The Labute approximate surface area is 143 Å². The van der Waals surface area contributed by atoms with E-state index in [1.807, 2.05) is 56.0 Å². The topological polar surface area (TPSA) is 49.9 Å². The van der Waals surface area contributed by atoms with E-state index in [-0.39, 0.29) is 17.4 Å². The maximum atomic E-state index is 12.4. The lowest BCUT2D eigenvalue weighted by Gasteiger charge is -2.26. The van der Waals surface area contributed by atoms with Crippen molar-refractivity contribution < 1.29 is 14.3 Å². The lowest BCUT2D eigenvalue weighted by molar-refractivity contribution is -0.128. The number of rotatable bonds is 2. The fraction of sp³-hybridized carbons (Fsp3) is 0.579. The molecule has 0 aromatic heterocycles. The van der Waals surface area contributed by atoms with Gasteiger partial charge in [-0.1, -0.05) is 30.3 Å². The number of likely N-dealkylation sites (tertiary alicyclic amines) is 2. The van der Waals surface area contributed by atoms with Crippen molar-refractivity contribution in [3.8, 4) is 0 Å². The summed E-state index contributed by atoms with van der Waals surface area (Å²) < 4.78 is 5.46. The first kappa shape index (κ1) is 16.8. The zero-order valence-electron chi connectivity index (χ0n) is 14.7. The van der Waals surface area contributed by atoms with Gasteiger partial charge in [-0.05, 0) is 32.8 Å². The highest BCUT2D eigenvalue weighted by atomic mass is 16.6. The molecule has 2 heterocycles. The SMILES string of the molecule is CC(C)(C)OC(=O)N1CCC2(CC(=O)N(Cc3ccccc3)C2)C1. The van der Waals surface area contributed by atoms with Crippen molar-refractivity contribution in [2.24, 2.45) is 5.41 Å². The Morgan fingerprint density at radius 3 is 2.58 bits per heavy atom. The molecule has 24 heavy (non-hydrogen) atoms. The second-order valence-corrected chi connectivity index (χ2v) is 8.06. The molecule has 2 saturated heterocycles. The third-order valence-electron chi connectivity index (χ3n) is 4.71. The third kappa shape index (κ3) is 3.71. The lowest BCUT2D eigenvalue weighted by Crippen LogP contribution is -2.37. The summed E-state index contributed by atoms with van der Waals surface area (Å²) in [7, 11) is 0. The number of nitrogens with zero attached hydrogens (tertiary/aromatic N) is 2. The van der Waals surface area contributed by atoms with Crippen LogP contribution in [0.4, 0.5) is 4.79 Å². The van der Waals surface area contributed by atoms with E-state index in [2.05, 4.69) is 0 Å². The number of hydrogen-bond acceptors (Lipinski definition) is 3. The van der Waals surface area contributed by atoms with Crippen LogP contribution in [0, 0.1) is 5.41 Å². The average Bonchev–Trinajstić information content (AvgIpc) is 3.03. The summed E-state index contributed by atoms with van der Waals surface area (Å²) in [5, 5.41) is 0. The molecule has 5 heteroatoms. The molecule has 0 radical (unpaired) electrons. The Hall–Kier alpha value is -2.04. The van der Waals surface area contributed by atoms with Gasteiger partial charge in [-0.3, -0.25) is 4.79 Å². The van der Waals surface area contributed by atoms with Gasteiger partial charge in [-0.2, -0.15) is 0 Å². The molecule has 5 nitrogen and oxygen atoms in total. The third-order valence-corrected chi connectivity index (χ3v) is 4.71. The summed E-state index contributed by atoms with van der Waals surface area (Å²) >= 11 is 0. The number of carbonyl (C=O) groups excluding carboxylic acids is 2. The molecule has 2 fully saturated rings. The van der Waals surface area contributed by atoms with Crippen molar-refractivity contribution >= 4 is 12.0 Å². The van der Waals surface area contributed by atoms with Crippen LogP contribution in [-0.2, 0) is 16.1 Å². The van der Waals surface area contributed by atoms with Gasteiger partial charge in [0.2, 0.25) is 5.91 Å².